The van der Waals surface area contributed by atoms with Crippen molar-refractivity contribution in [1.29, 1.82) is 0 Å². The van der Waals surface area contributed by atoms with Crippen molar-refractivity contribution in [3.63, 3.8) is 0 Å². The number of aliphatic hydroxyl groups excluding tert-OH is 1. The highest BCUT2D eigenvalue weighted by molar-refractivity contribution is 7.57. The number of phenols is 2. The summed E-state index contributed by atoms with van der Waals surface area (Å²) in [5.41, 5.74) is 6.38. The highest BCUT2D eigenvalue weighted by Crippen LogP contribution is 2.54. The van der Waals surface area contributed by atoms with E-state index in [1.54, 1.807) is 0 Å². The Morgan fingerprint density at radius 1 is 1.28 bits per heavy atom. The third-order valence-corrected chi connectivity index (χ3v) is 6.17. The van der Waals surface area contributed by atoms with Crippen LogP contribution in [-0.2, 0) is 23.4 Å². The topological polar surface area (TPSA) is 189 Å². The number of rotatable bonds is 9. The first-order chi connectivity index (χ1) is 15.0. The molecule has 7 N–H and O–H groups in total. The van der Waals surface area contributed by atoms with Crippen molar-refractivity contribution in [2.75, 3.05) is 13.2 Å². The summed E-state index contributed by atoms with van der Waals surface area (Å²) in [4.78, 5) is 33.1. The van der Waals surface area contributed by atoms with Crippen molar-refractivity contribution in [1.82, 2.24) is 5.32 Å². The first-order valence-electron chi connectivity index (χ1n) is 9.76. The van der Waals surface area contributed by atoms with Gasteiger partial charge in [-0.1, -0.05) is 6.07 Å². The van der Waals surface area contributed by atoms with Crippen LogP contribution in [0.4, 0.5) is 0 Å². The van der Waals surface area contributed by atoms with Gasteiger partial charge in [0.1, 0.15) is 0 Å². The summed E-state index contributed by atoms with van der Waals surface area (Å²) in [5.74, 6) is -1.65. The number of nitrogens with one attached hydrogen (secondary N) is 1. The Bertz CT molecular complexity index is 947. The van der Waals surface area contributed by atoms with Gasteiger partial charge < -0.3 is 40.5 Å². The molecule has 4 atom stereocenters. The van der Waals surface area contributed by atoms with E-state index in [-0.39, 0.29) is 48.8 Å². The fraction of sp³-hybridized carbons (Fsp3) is 0.400. The minimum atomic E-state index is -4.22. The number of carbonyl (C=O) groups excluding carboxylic acids is 2. The van der Waals surface area contributed by atoms with Gasteiger partial charge in [0.15, 0.2) is 11.5 Å². The largest absolute Gasteiger partial charge is 0.504 e. The van der Waals surface area contributed by atoms with Crippen LogP contribution in [0.2, 0.25) is 0 Å². The molecule has 0 radical (unpaired) electrons. The maximum Gasteiger partial charge on any atom is 0.354 e. The molecule has 1 aromatic carbocycles. The van der Waals surface area contributed by atoms with E-state index in [1.165, 1.54) is 31.2 Å². The van der Waals surface area contributed by atoms with Crippen molar-refractivity contribution >= 4 is 25.5 Å². The Morgan fingerprint density at radius 3 is 2.62 bits per heavy atom. The second-order valence-corrected chi connectivity index (χ2v) is 9.07. The van der Waals surface area contributed by atoms with Crippen molar-refractivity contribution in [3.8, 4) is 11.5 Å². The number of amides is 1. The number of phenolic OH excluding ortho intramolecular Hbond substituents is 2. The molecule has 32 heavy (non-hydrogen) atoms. The predicted octanol–water partition coefficient (Wildman–Crippen LogP) is 0.727. The second kappa shape index (κ2) is 11.3. The predicted molar refractivity (Wildman–Crippen MR) is 114 cm³/mol. The molecule has 0 bridgehead atoms. The molecule has 1 aliphatic rings. The smallest absolute Gasteiger partial charge is 0.354 e. The lowest BCUT2D eigenvalue weighted by molar-refractivity contribution is -0.137. The molecule has 0 saturated heterocycles. The third kappa shape index (κ3) is 7.47. The van der Waals surface area contributed by atoms with Gasteiger partial charge in [-0.25, -0.2) is 4.79 Å². The number of aliphatic hydroxyl groups is 1. The van der Waals surface area contributed by atoms with E-state index in [2.05, 4.69) is 5.32 Å². The van der Waals surface area contributed by atoms with Gasteiger partial charge in [0.05, 0.1) is 25.4 Å². The zero-order valence-corrected chi connectivity index (χ0v) is 18.3. The summed E-state index contributed by atoms with van der Waals surface area (Å²) in [5, 5.41) is 31.2. The van der Waals surface area contributed by atoms with Crippen LogP contribution >= 0.6 is 7.60 Å². The second-order valence-electron chi connectivity index (χ2n) is 7.20. The van der Waals surface area contributed by atoms with Gasteiger partial charge in [-0.3, -0.25) is 9.36 Å². The molecule has 176 valence electrons. The van der Waals surface area contributed by atoms with Crippen LogP contribution in [0.3, 0.4) is 0 Å². The van der Waals surface area contributed by atoms with Crippen LogP contribution in [0.15, 0.2) is 35.7 Å². The van der Waals surface area contributed by atoms with Crippen LogP contribution < -0.4 is 11.1 Å². The fourth-order valence-electron chi connectivity index (χ4n) is 2.99. The molecule has 0 aromatic heterocycles. The summed E-state index contributed by atoms with van der Waals surface area (Å²) >= 11 is 0. The summed E-state index contributed by atoms with van der Waals surface area (Å²) in [6.45, 7) is 1.02. The van der Waals surface area contributed by atoms with Gasteiger partial charge >= 0.3 is 13.6 Å². The minimum absolute atomic E-state index is 0.0393. The van der Waals surface area contributed by atoms with E-state index in [0.29, 0.717) is 5.56 Å². The molecule has 1 amide bonds. The van der Waals surface area contributed by atoms with Gasteiger partial charge in [-0.15, -0.1) is 0 Å². The normalized spacial score (nSPS) is 22.8. The van der Waals surface area contributed by atoms with E-state index in [0.717, 1.165) is 12.2 Å². The van der Waals surface area contributed by atoms with Crippen molar-refractivity contribution in [2.24, 2.45) is 5.73 Å². The number of esters is 1. The number of benzene rings is 1. The number of carbonyl (C=O) groups is 2. The van der Waals surface area contributed by atoms with Crippen LogP contribution in [0.1, 0.15) is 25.3 Å². The molecule has 0 fully saturated rings. The molecular weight excluding hydrogens is 443 g/mol. The lowest BCUT2D eigenvalue weighted by atomic mass is 9.94. The maximum absolute atomic E-state index is 12.5. The molecule has 2 rings (SSSR count). The molecule has 1 aliphatic carbocycles. The van der Waals surface area contributed by atoms with Crippen LogP contribution in [-0.4, -0.2) is 63.5 Å². The number of nitrogens with two attached hydrogens (primary N) is 1. The SMILES string of the molecule is CC(=O)N[C@H]1[C@H](O)C=C(P(=O)(O)OCCCOC(=O)/C=C/c2ccc(O)c(O)c2)C[C@@H]1N. The van der Waals surface area contributed by atoms with Gasteiger partial charge in [0, 0.05) is 30.8 Å². The van der Waals surface area contributed by atoms with Crippen LogP contribution in [0, 0.1) is 0 Å². The molecule has 0 heterocycles. The van der Waals surface area contributed by atoms with Crippen molar-refractivity contribution in [3.05, 3.63) is 41.2 Å². The minimum Gasteiger partial charge on any atom is -0.504 e. The van der Waals surface area contributed by atoms with E-state index in [1.807, 2.05) is 0 Å². The molecule has 0 aliphatic heterocycles. The average molecular weight is 470 g/mol. The molecule has 0 spiro atoms. The summed E-state index contributed by atoms with van der Waals surface area (Å²) in [6.07, 6.45) is 2.55. The van der Waals surface area contributed by atoms with Crippen LogP contribution in [0.25, 0.3) is 6.08 Å². The van der Waals surface area contributed by atoms with Gasteiger partial charge in [0.25, 0.3) is 0 Å². The standard InChI is InChI=1S/C20H27N2O9P/c1-12(23)22-20-15(21)10-14(11-18(20)26)32(28,29)31-8-2-7-30-19(27)6-4-13-3-5-16(24)17(25)9-13/h3-6,9,11,15,18,20,24-26H,2,7-8,10,21H2,1H3,(H,22,23)(H,28,29)/b6-4+/t15-,18+,20+/m0/s1. The lowest BCUT2D eigenvalue weighted by Gasteiger charge is -2.33. The molecule has 1 aromatic rings. The summed E-state index contributed by atoms with van der Waals surface area (Å²) in [6, 6.07) is 2.51. The van der Waals surface area contributed by atoms with E-state index >= 15 is 0 Å². The highest BCUT2D eigenvalue weighted by atomic mass is 31.2. The Morgan fingerprint density at radius 2 is 2.00 bits per heavy atom. The first kappa shape index (κ1) is 25.6. The quantitative estimate of drug-likeness (QED) is 0.0986. The van der Waals surface area contributed by atoms with Gasteiger partial charge in [-0.2, -0.15) is 0 Å². The van der Waals surface area contributed by atoms with E-state index < -0.39 is 31.8 Å². The Balaban J connectivity index is 1.77. The van der Waals surface area contributed by atoms with Crippen molar-refractivity contribution < 1.29 is 43.6 Å². The average Bonchev–Trinajstić information content (AvgIpc) is 2.71. The monoisotopic (exact) mass is 470 g/mol. The van der Waals surface area contributed by atoms with Gasteiger partial charge in [-0.05, 0) is 36.3 Å². The number of hydrogen-bond acceptors (Lipinski definition) is 9. The molecule has 11 nitrogen and oxygen atoms in total. The zero-order valence-electron chi connectivity index (χ0n) is 17.4. The van der Waals surface area contributed by atoms with E-state index in [4.69, 9.17) is 15.0 Å². The Labute approximate surface area is 184 Å². The first-order valence-corrected chi connectivity index (χ1v) is 11.3. The molecule has 0 saturated carbocycles. The number of ether oxygens (including phenoxy) is 1. The lowest BCUT2D eigenvalue weighted by Crippen LogP contribution is -2.55. The molecule has 1 unspecified atom stereocenters. The van der Waals surface area contributed by atoms with Gasteiger partial charge in [0.2, 0.25) is 5.91 Å². The molecular formula is C20H27N2O9P. The van der Waals surface area contributed by atoms with Crippen LogP contribution in [0.5, 0.6) is 11.5 Å². The highest BCUT2D eigenvalue weighted by Gasteiger charge is 2.37. The fourth-order valence-corrected chi connectivity index (χ4v) is 4.31. The van der Waals surface area contributed by atoms with Crippen molar-refractivity contribution in [2.45, 2.75) is 38.0 Å². The maximum atomic E-state index is 12.5. The summed E-state index contributed by atoms with van der Waals surface area (Å²) < 4.78 is 22.5. The Kier molecular flexibility index (Phi) is 8.99. The molecule has 12 heteroatoms. The third-order valence-electron chi connectivity index (χ3n) is 4.58. The number of hydrogen-bond donors (Lipinski definition) is 6. The number of aromatic hydroxyl groups is 2. The Hall–Kier alpha value is -2.69. The summed E-state index contributed by atoms with van der Waals surface area (Å²) in [7, 11) is -4.22. The zero-order chi connectivity index (χ0) is 23.9. The van der Waals surface area contributed by atoms with E-state index in [9.17, 15) is 34.4 Å².